The molecule has 1 N–H and O–H groups in total. The lowest BCUT2D eigenvalue weighted by Gasteiger charge is -2.49. The number of fused-ring (bicyclic) bond motifs is 4. The molecule has 1 fully saturated rings. The van der Waals surface area contributed by atoms with Crippen molar-refractivity contribution in [3.8, 4) is 17.2 Å². The predicted octanol–water partition coefficient (Wildman–Crippen LogP) is 4.51. The topological polar surface area (TPSA) is 59.0 Å². The van der Waals surface area contributed by atoms with Crippen molar-refractivity contribution >= 4 is 17.3 Å². The quantitative estimate of drug-likeness (QED) is 0.621. The zero-order valence-electron chi connectivity index (χ0n) is 20.5. The number of piperidine rings is 1. The number of aromatic nitrogens is 1. The first-order valence-electron chi connectivity index (χ1n) is 11.7. The molecule has 0 saturated carbocycles. The summed E-state index contributed by atoms with van der Waals surface area (Å²) in [6.45, 7) is 2.81. The van der Waals surface area contributed by atoms with Crippen molar-refractivity contribution < 1.29 is 14.3 Å². The van der Waals surface area contributed by atoms with Crippen LogP contribution in [0.25, 0.3) is 5.69 Å². The van der Waals surface area contributed by atoms with E-state index in [2.05, 4.69) is 47.3 Å². The summed E-state index contributed by atoms with van der Waals surface area (Å²) >= 11 is 0. The molecule has 2 aliphatic heterocycles. The molecule has 5 rings (SSSR count). The maximum atomic E-state index is 13.6. The van der Waals surface area contributed by atoms with Gasteiger partial charge in [0.1, 0.15) is 11.5 Å². The minimum absolute atomic E-state index is 0.0568. The fourth-order valence-electron chi connectivity index (χ4n) is 5.49. The van der Waals surface area contributed by atoms with Gasteiger partial charge in [0.2, 0.25) is 0 Å². The number of amides is 1. The highest BCUT2D eigenvalue weighted by atomic mass is 16.5. The van der Waals surface area contributed by atoms with Gasteiger partial charge in [-0.1, -0.05) is 0 Å². The standard InChI is InChI=1S/C27H32N4O3/c1-18-17-27(25-7-6-13-31(25)22-10-9-20(33-4)16-21(22)28-27)12-14-30(18)26(32)19-8-11-24(34-5)23(15-19)29(2)3/h6-11,13,15-16,18,28H,12,14,17H2,1-5H3. The van der Waals surface area contributed by atoms with E-state index in [9.17, 15) is 4.79 Å². The van der Waals surface area contributed by atoms with Gasteiger partial charge in [-0.2, -0.15) is 0 Å². The summed E-state index contributed by atoms with van der Waals surface area (Å²) in [5, 5.41) is 3.84. The highest BCUT2D eigenvalue weighted by Gasteiger charge is 2.45. The number of nitrogens with zero attached hydrogens (tertiary/aromatic N) is 3. The molecule has 2 aromatic carbocycles. The average Bonchev–Trinajstić information content (AvgIpc) is 3.34. The van der Waals surface area contributed by atoms with E-state index in [4.69, 9.17) is 9.47 Å². The lowest BCUT2D eigenvalue weighted by Crippen LogP contribution is -2.54. The minimum Gasteiger partial charge on any atom is -0.497 e. The van der Waals surface area contributed by atoms with Crippen molar-refractivity contribution in [2.75, 3.05) is 45.1 Å². The Morgan fingerprint density at radius 1 is 1.12 bits per heavy atom. The van der Waals surface area contributed by atoms with Gasteiger partial charge >= 0.3 is 0 Å². The maximum absolute atomic E-state index is 13.6. The molecule has 7 nitrogen and oxygen atoms in total. The normalized spacial score (nSPS) is 20.9. The number of ether oxygens (including phenoxy) is 2. The van der Waals surface area contributed by atoms with Gasteiger partial charge in [0.15, 0.2) is 0 Å². The summed E-state index contributed by atoms with van der Waals surface area (Å²) in [7, 11) is 7.25. The number of carbonyl (C=O) groups excluding carboxylic acids is 1. The average molecular weight is 461 g/mol. The number of carbonyl (C=O) groups is 1. The number of hydrogen-bond donors (Lipinski definition) is 1. The van der Waals surface area contributed by atoms with Crippen molar-refractivity contribution in [2.24, 2.45) is 0 Å². The van der Waals surface area contributed by atoms with Gasteiger partial charge in [0, 0.05) is 50.2 Å². The summed E-state index contributed by atoms with van der Waals surface area (Å²) in [5.41, 5.74) is 4.75. The van der Waals surface area contributed by atoms with Gasteiger partial charge in [0.25, 0.3) is 5.91 Å². The number of rotatable bonds is 4. The Morgan fingerprint density at radius 3 is 2.65 bits per heavy atom. The number of hydrogen-bond acceptors (Lipinski definition) is 5. The molecule has 3 heterocycles. The van der Waals surface area contributed by atoms with Gasteiger partial charge in [-0.3, -0.25) is 4.79 Å². The third-order valence-electron chi connectivity index (χ3n) is 7.20. The Hall–Kier alpha value is -3.61. The number of nitrogens with one attached hydrogen (secondary N) is 1. The van der Waals surface area contributed by atoms with Crippen LogP contribution in [0.5, 0.6) is 11.5 Å². The third kappa shape index (κ3) is 3.47. The molecule has 1 aromatic heterocycles. The van der Waals surface area contributed by atoms with Crippen LogP contribution in [0, 0.1) is 0 Å². The van der Waals surface area contributed by atoms with E-state index < -0.39 is 0 Å². The maximum Gasteiger partial charge on any atom is 0.254 e. The van der Waals surface area contributed by atoms with E-state index in [0.29, 0.717) is 12.1 Å². The van der Waals surface area contributed by atoms with E-state index in [-0.39, 0.29) is 17.5 Å². The number of benzene rings is 2. The lowest BCUT2D eigenvalue weighted by atomic mass is 9.79. The molecule has 0 aliphatic carbocycles. The summed E-state index contributed by atoms with van der Waals surface area (Å²) < 4.78 is 13.2. The molecule has 0 bridgehead atoms. The van der Waals surface area contributed by atoms with E-state index in [1.165, 1.54) is 5.69 Å². The van der Waals surface area contributed by atoms with E-state index in [1.807, 2.05) is 48.2 Å². The van der Waals surface area contributed by atoms with Gasteiger partial charge in [0.05, 0.1) is 36.8 Å². The van der Waals surface area contributed by atoms with Gasteiger partial charge in [-0.05, 0) is 62.2 Å². The van der Waals surface area contributed by atoms with Gasteiger partial charge < -0.3 is 29.2 Å². The molecule has 0 radical (unpaired) electrons. The van der Waals surface area contributed by atoms with Crippen LogP contribution in [0.15, 0.2) is 54.7 Å². The zero-order chi connectivity index (χ0) is 24.0. The van der Waals surface area contributed by atoms with E-state index in [0.717, 1.165) is 41.4 Å². The second-order valence-electron chi connectivity index (χ2n) is 9.44. The molecular weight excluding hydrogens is 428 g/mol. The van der Waals surface area contributed by atoms with Gasteiger partial charge in [-0.25, -0.2) is 0 Å². The van der Waals surface area contributed by atoms with Crippen molar-refractivity contribution in [1.29, 1.82) is 0 Å². The van der Waals surface area contributed by atoms with Crippen LogP contribution in [0.2, 0.25) is 0 Å². The molecular formula is C27H32N4O3. The summed E-state index contributed by atoms with van der Waals surface area (Å²) in [5.74, 6) is 1.64. The first-order chi connectivity index (χ1) is 16.4. The van der Waals surface area contributed by atoms with E-state index >= 15 is 0 Å². The van der Waals surface area contributed by atoms with Crippen LogP contribution in [0.4, 0.5) is 11.4 Å². The number of likely N-dealkylation sites (tertiary alicyclic amines) is 1. The molecule has 1 amide bonds. The first-order valence-corrected chi connectivity index (χ1v) is 11.7. The summed E-state index contributed by atoms with van der Waals surface area (Å²) in [6.07, 6.45) is 3.75. The summed E-state index contributed by atoms with van der Waals surface area (Å²) in [6, 6.07) is 16.1. The van der Waals surface area contributed by atoms with Crippen LogP contribution in [0.1, 0.15) is 35.8 Å². The zero-order valence-corrected chi connectivity index (χ0v) is 20.5. The Labute approximate surface area is 200 Å². The van der Waals surface area contributed by atoms with E-state index in [1.54, 1.807) is 14.2 Å². The fourth-order valence-corrected chi connectivity index (χ4v) is 5.49. The smallest absolute Gasteiger partial charge is 0.254 e. The van der Waals surface area contributed by atoms with Crippen molar-refractivity contribution in [2.45, 2.75) is 31.3 Å². The fraction of sp³-hybridized carbons (Fsp3) is 0.370. The molecule has 3 aromatic rings. The third-order valence-corrected chi connectivity index (χ3v) is 7.20. The van der Waals surface area contributed by atoms with Crippen LogP contribution in [-0.4, -0.2) is 56.3 Å². The number of methoxy groups -OCH3 is 2. The molecule has 7 heteroatoms. The first kappa shape index (κ1) is 22.2. The highest BCUT2D eigenvalue weighted by molar-refractivity contribution is 5.96. The van der Waals surface area contributed by atoms with Crippen molar-refractivity contribution in [3.05, 3.63) is 66.0 Å². The molecule has 34 heavy (non-hydrogen) atoms. The molecule has 1 spiro atoms. The van der Waals surface area contributed by atoms with Crippen molar-refractivity contribution in [1.82, 2.24) is 9.47 Å². The largest absolute Gasteiger partial charge is 0.497 e. The van der Waals surface area contributed by atoms with Crippen LogP contribution >= 0.6 is 0 Å². The highest BCUT2D eigenvalue weighted by Crippen LogP contribution is 2.46. The van der Waals surface area contributed by atoms with Gasteiger partial charge in [-0.15, -0.1) is 0 Å². The monoisotopic (exact) mass is 460 g/mol. The molecule has 2 unspecified atom stereocenters. The molecule has 178 valence electrons. The lowest BCUT2D eigenvalue weighted by molar-refractivity contribution is 0.0553. The second-order valence-corrected chi connectivity index (χ2v) is 9.44. The molecule has 1 saturated heterocycles. The predicted molar refractivity (Wildman–Crippen MR) is 135 cm³/mol. The van der Waals surface area contributed by atoms with Crippen LogP contribution in [-0.2, 0) is 5.54 Å². The Morgan fingerprint density at radius 2 is 1.94 bits per heavy atom. The van der Waals surface area contributed by atoms with Crippen LogP contribution < -0.4 is 19.7 Å². The number of anilines is 2. The Kier molecular flexibility index (Phi) is 5.42. The van der Waals surface area contributed by atoms with Crippen LogP contribution in [0.3, 0.4) is 0 Å². The molecule has 2 atom stereocenters. The second kappa shape index (κ2) is 8.31. The Balaban J connectivity index is 1.43. The Bertz CT molecular complexity index is 1230. The molecule has 2 aliphatic rings. The summed E-state index contributed by atoms with van der Waals surface area (Å²) in [4.78, 5) is 17.5. The SMILES string of the molecule is COc1ccc2c(c1)NC1(CCN(C(=O)c3ccc(OC)c(N(C)C)c3)C(C)C1)c1cccn1-2. The minimum atomic E-state index is -0.242. The van der Waals surface area contributed by atoms with Crippen molar-refractivity contribution in [3.63, 3.8) is 0 Å².